The Morgan fingerprint density at radius 2 is 1.77 bits per heavy atom. The van der Waals surface area contributed by atoms with Crippen molar-refractivity contribution in [2.45, 2.75) is 26.2 Å². The lowest BCUT2D eigenvalue weighted by atomic mass is 9.87. The minimum Gasteiger partial charge on any atom is -0.258 e. The molecule has 0 saturated heterocycles. The van der Waals surface area contributed by atoms with Crippen molar-refractivity contribution in [3.05, 3.63) is 68.7 Å². The minimum atomic E-state index is -0.453. The lowest BCUT2D eigenvalue weighted by Gasteiger charge is -2.18. The molecule has 2 aromatic rings. The third-order valence-electron chi connectivity index (χ3n) is 3.28. The van der Waals surface area contributed by atoms with Crippen molar-refractivity contribution in [2.24, 2.45) is 4.99 Å². The molecule has 0 aliphatic carbocycles. The van der Waals surface area contributed by atoms with E-state index in [1.807, 2.05) is 24.3 Å². The van der Waals surface area contributed by atoms with E-state index >= 15 is 0 Å². The molecule has 0 fully saturated rings. The van der Waals surface area contributed by atoms with Gasteiger partial charge in [-0.1, -0.05) is 44.5 Å². The van der Waals surface area contributed by atoms with Gasteiger partial charge in [0.25, 0.3) is 5.69 Å². The average Bonchev–Trinajstić information content (AvgIpc) is 2.45. The topological polar surface area (TPSA) is 55.5 Å². The lowest BCUT2D eigenvalue weighted by Crippen LogP contribution is -2.10. The number of aliphatic imine (C=N–C) groups is 1. The van der Waals surface area contributed by atoms with Crippen molar-refractivity contribution < 1.29 is 4.92 Å². The van der Waals surface area contributed by atoms with Crippen LogP contribution >= 0.6 is 11.6 Å². The molecule has 0 unspecified atom stereocenters. The van der Waals surface area contributed by atoms with Crippen LogP contribution in [0.5, 0.6) is 0 Å². The van der Waals surface area contributed by atoms with Crippen molar-refractivity contribution in [1.29, 1.82) is 0 Å². The number of benzene rings is 2. The maximum absolute atomic E-state index is 10.8. The van der Waals surface area contributed by atoms with E-state index in [-0.39, 0.29) is 11.1 Å². The first kappa shape index (κ1) is 16.2. The number of rotatable bonds is 3. The summed E-state index contributed by atoms with van der Waals surface area (Å²) in [5.74, 6) is 0. The van der Waals surface area contributed by atoms with Crippen molar-refractivity contribution in [1.82, 2.24) is 0 Å². The quantitative estimate of drug-likeness (QED) is 0.438. The molecule has 114 valence electrons. The number of hydrogen-bond donors (Lipinski definition) is 0. The summed E-state index contributed by atoms with van der Waals surface area (Å²) < 4.78 is 0. The van der Waals surface area contributed by atoms with Crippen LogP contribution in [0.1, 0.15) is 31.9 Å². The Hall–Kier alpha value is -2.20. The van der Waals surface area contributed by atoms with Gasteiger partial charge in [0.2, 0.25) is 0 Å². The van der Waals surface area contributed by atoms with E-state index in [1.54, 1.807) is 6.21 Å². The van der Waals surface area contributed by atoms with Crippen LogP contribution in [-0.2, 0) is 5.41 Å². The van der Waals surface area contributed by atoms with Gasteiger partial charge in [-0.3, -0.25) is 15.1 Å². The molecule has 0 spiro atoms. The van der Waals surface area contributed by atoms with E-state index in [4.69, 9.17) is 11.6 Å². The molecule has 0 aliphatic rings. The van der Waals surface area contributed by atoms with Crippen molar-refractivity contribution in [3.63, 3.8) is 0 Å². The highest BCUT2D eigenvalue weighted by Gasteiger charge is 2.12. The molecular weight excluding hydrogens is 300 g/mol. The number of nitro benzene ring substituents is 1. The number of halogens is 1. The van der Waals surface area contributed by atoms with Gasteiger partial charge in [-0.05, 0) is 29.2 Å². The maximum atomic E-state index is 10.8. The maximum Gasteiger partial charge on any atom is 0.270 e. The van der Waals surface area contributed by atoms with Crippen molar-refractivity contribution in [3.8, 4) is 0 Å². The Bertz CT molecular complexity index is 716. The molecule has 22 heavy (non-hydrogen) atoms. The standard InChI is InChI=1S/C17H17ClN2O2/c1-17(2,3)13-4-6-14(7-5-13)19-11-12-10-15(20(21)22)8-9-16(12)18/h4-11H,1-3H3. The van der Waals surface area contributed by atoms with Crippen LogP contribution in [0.25, 0.3) is 0 Å². The third kappa shape index (κ3) is 3.92. The summed E-state index contributed by atoms with van der Waals surface area (Å²) in [7, 11) is 0. The minimum absolute atomic E-state index is 0.00562. The molecule has 0 aliphatic heterocycles. The highest BCUT2D eigenvalue weighted by Crippen LogP contribution is 2.25. The monoisotopic (exact) mass is 316 g/mol. The van der Waals surface area contributed by atoms with Crippen molar-refractivity contribution in [2.75, 3.05) is 0 Å². The Balaban J connectivity index is 2.25. The molecule has 0 radical (unpaired) electrons. The molecule has 2 aromatic carbocycles. The van der Waals surface area contributed by atoms with Crippen LogP contribution in [-0.4, -0.2) is 11.1 Å². The van der Waals surface area contributed by atoms with Gasteiger partial charge in [0.05, 0.1) is 10.6 Å². The highest BCUT2D eigenvalue weighted by molar-refractivity contribution is 6.33. The van der Waals surface area contributed by atoms with Gasteiger partial charge in [-0.25, -0.2) is 0 Å². The van der Waals surface area contributed by atoms with Crippen LogP contribution in [0.3, 0.4) is 0 Å². The SMILES string of the molecule is CC(C)(C)c1ccc(N=Cc2cc([N+](=O)[O-])ccc2Cl)cc1. The zero-order valence-electron chi connectivity index (χ0n) is 12.7. The molecule has 0 aromatic heterocycles. The molecule has 2 rings (SSSR count). The van der Waals surface area contributed by atoms with Gasteiger partial charge < -0.3 is 0 Å². The summed E-state index contributed by atoms with van der Waals surface area (Å²) >= 11 is 6.04. The molecule has 4 nitrogen and oxygen atoms in total. The summed E-state index contributed by atoms with van der Waals surface area (Å²) in [5, 5.41) is 11.2. The molecular formula is C17H17ClN2O2. The fraction of sp³-hybridized carbons (Fsp3) is 0.235. The Morgan fingerprint density at radius 1 is 1.14 bits per heavy atom. The van der Waals surface area contributed by atoms with Crippen LogP contribution < -0.4 is 0 Å². The fourth-order valence-corrected chi connectivity index (χ4v) is 2.10. The number of hydrogen-bond acceptors (Lipinski definition) is 3. The van der Waals surface area contributed by atoms with Crippen LogP contribution in [0.15, 0.2) is 47.5 Å². The first-order chi connectivity index (χ1) is 10.3. The van der Waals surface area contributed by atoms with E-state index in [9.17, 15) is 10.1 Å². The Morgan fingerprint density at radius 3 is 2.32 bits per heavy atom. The fourth-order valence-electron chi connectivity index (χ4n) is 1.94. The zero-order valence-corrected chi connectivity index (χ0v) is 13.5. The first-order valence-electron chi connectivity index (χ1n) is 6.86. The molecule has 0 saturated carbocycles. The normalized spacial score (nSPS) is 11.8. The first-order valence-corrected chi connectivity index (χ1v) is 7.24. The van der Waals surface area contributed by atoms with E-state index in [2.05, 4.69) is 25.8 Å². The van der Waals surface area contributed by atoms with Gasteiger partial charge in [0.15, 0.2) is 0 Å². The van der Waals surface area contributed by atoms with E-state index in [0.29, 0.717) is 10.6 Å². The predicted molar refractivity (Wildman–Crippen MR) is 90.5 cm³/mol. The smallest absolute Gasteiger partial charge is 0.258 e. The molecule has 0 heterocycles. The zero-order chi connectivity index (χ0) is 16.3. The second kappa shape index (κ2) is 6.28. The van der Waals surface area contributed by atoms with Gasteiger partial charge in [-0.15, -0.1) is 0 Å². The molecule has 0 N–H and O–H groups in total. The summed E-state index contributed by atoms with van der Waals surface area (Å²) in [6, 6.07) is 12.2. The van der Waals surface area contributed by atoms with Crippen LogP contribution in [0.4, 0.5) is 11.4 Å². The number of nitrogens with zero attached hydrogens (tertiary/aromatic N) is 2. The number of non-ortho nitro benzene ring substituents is 1. The summed E-state index contributed by atoms with van der Waals surface area (Å²) in [6.07, 6.45) is 1.54. The predicted octanol–water partition coefficient (Wildman–Crippen LogP) is 5.30. The van der Waals surface area contributed by atoms with Gasteiger partial charge in [0, 0.05) is 28.9 Å². The third-order valence-corrected chi connectivity index (χ3v) is 3.62. The van der Waals surface area contributed by atoms with Crippen LogP contribution in [0, 0.1) is 10.1 Å². The van der Waals surface area contributed by atoms with E-state index < -0.39 is 4.92 Å². The average molecular weight is 317 g/mol. The number of nitro groups is 1. The Kier molecular flexibility index (Phi) is 4.62. The van der Waals surface area contributed by atoms with Crippen molar-refractivity contribution >= 4 is 29.2 Å². The highest BCUT2D eigenvalue weighted by atomic mass is 35.5. The second-order valence-corrected chi connectivity index (χ2v) is 6.43. The van der Waals surface area contributed by atoms with Crippen LogP contribution in [0.2, 0.25) is 5.02 Å². The van der Waals surface area contributed by atoms with Gasteiger partial charge in [0.1, 0.15) is 0 Å². The van der Waals surface area contributed by atoms with Gasteiger partial charge in [-0.2, -0.15) is 0 Å². The van der Waals surface area contributed by atoms with E-state index in [0.717, 1.165) is 5.69 Å². The van der Waals surface area contributed by atoms with Gasteiger partial charge >= 0.3 is 0 Å². The molecule has 5 heteroatoms. The Labute approximate surface area is 134 Å². The second-order valence-electron chi connectivity index (χ2n) is 6.02. The molecule has 0 amide bonds. The largest absolute Gasteiger partial charge is 0.270 e. The summed E-state index contributed by atoms with van der Waals surface area (Å²) in [5.41, 5.74) is 2.60. The van der Waals surface area contributed by atoms with E-state index in [1.165, 1.54) is 23.8 Å². The molecule has 0 atom stereocenters. The summed E-state index contributed by atoms with van der Waals surface area (Å²) in [6.45, 7) is 6.44. The lowest BCUT2D eigenvalue weighted by molar-refractivity contribution is -0.384. The molecule has 0 bridgehead atoms. The summed E-state index contributed by atoms with van der Waals surface area (Å²) in [4.78, 5) is 14.7.